The van der Waals surface area contributed by atoms with Crippen LogP contribution in [0.2, 0.25) is 0 Å². The monoisotopic (exact) mass is 402 g/mol. The van der Waals surface area contributed by atoms with Crippen molar-refractivity contribution in [2.45, 2.75) is 20.0 Å². The quantitative estimate of drug-likeness (QED) is 0.528. The van der Waals surface area contributed by atoms with Crippen molar-refractivity contribution in [2.75, 3.05) is 17.2 Å². The third-order valence-electron chi connectivity index (χ3n) is 4.21. The highest BCUT2D eigenvalue weighted by Gasteiger charge is 2.31. The van der Waals surface area contributed by atoms with Gasteiger partial charge in [0, 0.05) is 18.3 Å². The smallest absolute Gasteiger partial charge is 0.382 e. The number of imidazole rings is 1. The number of nitrogens with zero attached hydrogens (tertiary/aromatic N) is 6. The van der Waals surface area contributed by atoms with Gasteiger partial charge in [0.1, 0.15) is 12.7 Å². The van der Waals surface area contributed by atoms with E-state index in [4.69, 9.17) is 0 Å². The lowest BCUT2D eigenvalue weighted by atomic mass is 10.1. The van der Waals surface area contributed by atoms with Crippen molar-refractivity contribution in [2.24, 2.45) is 0 Å². The van der Waals surface area contributed by atoms with Crippen LogP contribution in [0.25, 0.3) is 11.3 Å². The number of nitrogens with one attached hydrogen (secondary N) is 2. The van der Waals surface area contributed by atoms with Crippen LogP contribution in [0.15, 0.2) is 43.1 Å². The van der Waals surface area contributed by atoms with E-state index in [9.17, 15) is 13.2 Å². The zero-order valence-electron chi connectivity index (χ0n) is 15.6. The van der Waals surface area contributed by atoms with Crippen molar-refractivity contribution in [3.05, 3.63) is 54.4 Å². The summed E-state index contributed by atoms with van der Waals surface area (Å²) < 4.78 is 43.1. The number of halogens is 3. The molecule has 0 saturated carbocycles. The highest BCUT2D eigenvalue weighted by molar-refractivity contribution is 5.73. The largest absolute Gasteiger partial charge is 0.416 e. The Balaban J connectivity index is 1.79. The molecule has 29 heavy (non-hydrogen) atoms. The minimum absolute atomic E-state index is 0.220. The number of benzene rings is 1. The fourth-order valence-corrected chi connectivity index (χ4v) is 2.93. The molecule has 4 rings (SSSR count). The predicted molar refractivity (Wildman–Crippen MR) is 102 cm³/mol. The number of aromatic nitrogens is 6. The lowest BCUT2D eigenvalue weighted by molar-refractivity contribution is -0.137. The molecule has 150 valence electrons. The van der Waals surface area contributed by atoms with Crippen LogP contribution in [-0.2, 0) is 6.18 Å². The zero-order valence-corrected chi connectivity index (χ0v) is 15.6. The first-order valence-corrected chi connectivity index (χ1v) is 8.78. The normalized spacial score (nSPS) is 11.8. The molecule has 11 heteroatoms. The van der Waals surface area contributed by atoms with E-state index in [1.54, 1.807) is 22.8 Å². The molecule has 0 radical (unpaired) electrons. The van der Waals surface area contributed by atoms with Gasteiger partial charge in [-0.15, -0.1) is 5.10 Å². The van der Waals surface area contributed by atoms with Gasteiger partial charge in [-0.25, -0.2) is 19.2 Å². The van der Waals surface area contributed by atoms with Gasteiger partial charge < -0.3 is 10.6 Å². The minimum Gasteiger partial charge on any atom is -0.382 e. The molecular weight excluding hydrogens is 385 g/mol. The van der Waals surface area contributed by atoms with E-state index in [1.165, 1.54) is 17.3 Å². The summed E-state index contributed by atoms with van der Waals surface area (Å²) in [6, 6.07) is 5.30. The maximum atomic E-state index is 13.4. The van der Waals surface area contributed by atoms with E-state index in [0.29, 0.717) is 18.0 Å². The molecule has 8 nitrogen and oxygen atoms in total. The molecule has 3 heterocycles. The first-order valence-electron chi connectivity index (χ1n) is 8.78. The Morgan fingerprint density at radius 3 is 2.66 bits per heavy atom. The lowest BCUT2D eigenvalue weighted by Crippen LogP contribution is -2.09. The van der Waals surface area contributed by atoms with Crippen LogP contribution in [-0.4, -0.2) is 35.9 Å². The van der Waals surface area contributed by atoms with Gasteiger partial charge in [-0.05, 0) is 32.0 Å². The summed E-state index contributed by atoms with van der Waals surface area (Å²) in [7, 11) is 0. The maximum absolute atomic E-state index is 13.4. The van der Waals surface area contributed by atoms with Crippen LogP contribution in [0, 0.1) is 6.92 Å². The van der Waals surface area contributed by atoms with Gasteiger partial charge in [0.15, 0.2) is 11.5 Å². The second kappa shape index (κ2) is 7.08. The number of alkyl halides is 3. The minimum atomic E-state index is -4.51. The van der Waals surface area contributed by atoms with Crippen molar-refractivity contribution in [3.8, 4) is 5.69 Å². The topological polar surface area (TPSA) is 85.0 Å². The number of hydrogen-bond donors (Lipinski definition) is 2. The molecular formula is C18H17F3N8. The SMILES string of the molecule is CCNc1cc(Nc2cc(-n3cncn3)cc(C(F)(F)F)c2)nn2c(C)cnc12. The number of rotatable bonds is 5. The molecule has 0 spiro atoms. The van der Waals surface area contributed by atoms with Gasteiger partial charge >= 0.3 is 6.18 Å². The molecule has 0 saturated heterocycles. The van der Waals surface area contributed by atoms with Gasteiger partial charge in [-0.2, -0.15) is 18.3 Å². The van der Waals surface area contributed by atoms with Gasteiger partial charge in [0.25, 0.3) is 0 Å². The molecule has 4 aromatic rings. The van der Waals surface area contributed by atoms with E-state index in [-0.39, 0.29) is 11.4 Å². The Labute approximate surface area is 163 Å². The second-order valence-corrected chi connectivity index (χ2v) is 6.34. The van der Waals surface area contributed by atoms with Gasteiger partial charge in [0.05, 0.1) is 28.8 Å². The standard InChI is InChI=1S/C18H17F3N8/c1-3-23-15-7-16(27-29-11(2)8-24-17(15)29)26-13-4-12(18(19,20)21)5-14(6-13)28-10-22-9-25-28/h4-10,23H,3H2,1-2H3,(H,26,27). The summed E-state index contributed by atoms with van der Waals surface area (Å²) in [5.74, 6) is 0.374. The molecule has 0 aliphatic carbocycles. The molecule has 3 aromatic heterocycles. The van der Waals surface area contributed by atoms with Crippen LogP contribution >= 0.6 is 0 Å². The van der Waals surface area contributed by atoms with E-state index in [1.807, 2.05) is 13.8 Å². The van der Waals surface area contributed by atoms with Crippen LogP contribution in [0.5, 0.6) is 0 Å². The molecule has 0 atom stereocenters. The molecule has 0 aliphatic heterocycles. The van der Waals surface area contributed by atoms with Crippen LogP contribution < -0.4 is 10.6 Å². The van der Waals surface area contributed by atoms with Crippen molar-refractivity contribution in [1.82, 2.24) is 29.4 Å². The Morgan fingerprint density at radius 2 is 1.97 bits per heavy atom. The van der Waals surface area contributed by atoms with Crippen molar-refractivity contribution >= 4 is 22.8 Å². The fourth-order valence-electron chi connectivity index (χ4n) is 2.93. The number of aryl methyl sites for hydroxylation is 1. The van der Waals surface area contributed by atoms with Crippen molar-refractivity contribution in [3.63, 3.8) is 0 Å². The summed E-state index contributed by atoms with van der Waals surface area (Å²) in [6.45, 7) is 4.45. The summed E-state index contributed by atoms with van der Waals surface area (Å²) in [4.78, 5) is 8.12. The molecule has 2 N–H and O–H groups in total. The van der Waals surface area contributed by atoms with Gasteiger partial charge in [-0.3, -0.25) is 0 Å². The van der Waals surface area contributed by atoms with Gasteiger partial charge in [0.2, 0.25) is 0 Å². The van der Waals surface area contributed by atoms with E-state index in [2.05, 4.69) is 30.8 Å². The Morgan fingerprint density at radius 1 is 1.14 bits per heavy atom. The summed E-state index contributed by atoms with van der Waals surface area (Å²) in [5.41, 5.74) is 1.81. The third-order valence-corrected chi connectivity index (χ3v) is 4.21. The van der Waals surface area contributed by atoms with Crippen molar-refractivity contribution < 1.29 is 13.2 Å². The average Bonchev–Trinajstić information content (AvgIpc) is 3.32. The highest BCUT2D eigenvalue weighted by atomic mass is 19.4. The summed E-state index contributed by atoms with van der Waals surface area (Å²) in [5, 5.41) is 14.5. The molecule has 0 aliphatic rings. The summed E-state index contributed by atoms with van der Waals surface area (Å²) >= 11 is 0. The summed E-state index contributed by atoms with van der Waals surface area (Å²) in [6.07, 6.45) is -0.241. The fraction of sp³-hybridized carbons (Fsp3) is 0.222. The molecule has 0 fully saturated rings. The molecule has 0 unspecified atom stereocenters. The van der Waals surface area contributed by atoms with E-state index >= 15 is 0 Å². The first-order chi connectivity index (χ1) is 13.8. The van der Waals surface area contributed by atoms with E-state index < -0.39 is 11.7 Å². The Bertz CT molecular complexity index is 1150. The lowest BCUT2D eigenvalue weighted by Gasteiger charge is -2.14. The first kappa shape index (κ1) is 18.7. The second-order valence-electron chi connectivity index (χ2n) is 6.34. The predicted octanol–water partition coefficient (Wildman–Crippen LogP) is 3.81. The Kier molecular flexibility index (Phi) is 4.57. The number of fused-ring (bicyclic) bond motifs is 1. The van der Waals surface area contributed by atoms with E-state index in [0.717, 1.165) is 23.5 Å². The molecule has 1 aromatic carbocycles. The van der Waals surface area contributed by atoms with Crippen LogP contribution in [0.1, 0.15) is 18.2 Å². The van der Waals surface area contributed by atoms with Crippen LogP contribution in [0.4, 0.5) is 30.4 Å². The van der Waals surface area contributed by atoms with Crippen molar-refractivity contribution in [1.29, 1.82) is 0 Å². The highest BCUT2D eigenvalue weighted by Crippen LogP contribution is 2.34. The number of anilines is 3. The van der Waals surface area contributed by atoms with Crippen LogP contribution in [0.3, 0.4) is 0 Å². The zero-order chi connectivity index (χ0) is 20.6. The molecule has 0 amide bonds. The Hall–Kier alpha value is -3.63. The average molecular weight is 402 g/mol. The van der Waals surface area contributed by atoms with Gasteiger partial charge in [-0.1, -0.05) is 0 Å². The maximum Gasteiger partial charge on any atom is 0.416 e. The third kappa shape index (κ3) is 3.71. The number of hydrogen-bond acceptors (Lipinski definition) is 6. The molecule has 0 bridgehead atoms.